The third kappa shape index (κ3) is 3.60. The molecule has 1 aliphatic heterocycles. The first-order valence-corrected chi connectivity index (χ1v) is 7.95. The Hall–Kier alpha value is -1.45. The molecular weight excluding hydrogens is 258 g/mol. The van der Waals surface area contributed by atoms with Crippen LogP contribution in [0.3, 0.4) is 0 Å². The van der Waals surface area contributed by atoms with Gasteiger partial charge in [-0.05, 0) is 51.2 Å². The maximum Gasteiger partial charge on any atom is 0.0702 e. The van der Waals surface area contributed by atoms with Crippen LogP contribution in [0.5, 0.6) is 0 Å². The number of likely N-dealkylation sites (N-methyl/N-ethyl adjacent to an activating group) is 2. The first-order chi connectivity index (χ1) is 10.2. The zero-order valence-electron chi connectivity index (χ0n) is 13.1. The van der Waals surface area contributed by atoms with Gasteiger partial charge in [-0.25, -0.2) is 0 Å². The molecule has 21 heavy (non-hydrogen) atoms. The minimum absolute atomic E-state index is 0.706. The molecule has 0 unspecified atom stereocenters. The minimum atomic E-state index is 0.706. The average molecular weight is 283 g/mol. The quantitative estimate of drug-likeness (QED) is 0.859. The fourth-order valence-corrected chi connectivity index (χ4v) is 3.31. The van der Waals surface area contributed by atoms with Crippen molar-refractivity contribution in [2.75, 3.05) is 27.2 Å². The number of piperidine rings is 1. The van der Waals surface area contributed by atoms with Crippen LogP contribution in [0, 0.1) is 0 Å². The van der Waals surface area contributed by atoms with Gasteiger partial charge in [-0.15, -0.1) is 0 Å². The lowest BCUT2D eigenvalue weighted by atomic mass is 10.0. The fraction of sp³-hybridized carbons (Fsp3) is 0.500. The van der Waals surface area contributed by atoms with E-state index in [1.807, 2.05) is 12.3 Å². The number of fused-ring (bicyclic) bond motifs is 1. The first kappa shape index (κ1) is 14.5. The lowest BCUT2D eigenvalue weighted by Crippen LogP contribution is -2.43. The summed E-state index contributed by atoms with van der Waals surface area (Å²) in [6.45, 7) is 3.36. The number of rotatable bonds is 4. The molecule has 2 heterocycles. The fourth-order valence-electron chi connectivity index (χ4n) is 3.31. The minimum Gasteiger partial charge on any atom is -0.302 e. The molecule has 0 spiro atoms. The third-order valence-corrected chi connectivity index (χ3v) is 4.54. The van der Waals surface area contributed by atoms with Gasteiger partial charge in [0.15, 0.2) is 0 Å². The molecule has 112 valence electrons. The van der Waals surface area contributed by atoms with Gasteiger partial charge >= 0.3 is 0 Å². The van der Waals surface area contributed by atoms with Crippen molar-refractivity contribution < 1.29 is 0 Å². The Morgan fingerprint density at radius 3 is 3.00 bits per heavy atom. The molecular formula is C18H25N3. The summed E-state index contributed by atoms with van der Waals surface area (Å²) in [5, 5.41) is 1.23. The zero-order valence-corrected chi connectivity index (χ0v) is 13.1. The summed E-state index contributed by atoms with van der Waals surface area (Å²) in [6, 6.07) is 11.3. The monoisotopic (exact) mass is 283 g/mol. The summed E-state index contributed by atoms with van der Waals surface area (Å²) in [5.41, 5.74) is 2.38. The van der Waals surface area contributed by atoms with E-state index in [0.717, 1.165) is 18.6 Å². The van der Waals surface area contributed by atoms with E-state index >= 15 is 0 Å². The van der Waals surface area contributed by atoms with E-state index in [0.29, 0.717) is 6.04 Å². The molecule has 3 nitrogen and oxygen atoms in total. The van der Waals surface area contributed by atoms with Crippen LogP contribution in [0.1, 0.15) is 24.8 Å². The number of hydrogen-bond acceptors (Lipinski definition) is 3. The van der Waals surface area contributed by atoms with Crippen LogP contribution in [0.2, 0.25) is 0 Å². The number of nitrogens with zero attached hydrogens (tertiary/aromatic N) is 3. The van der Waals surface area contributed by atoms with E-state index in [4.69, 9.17) is 0 Å². The summed E-state index contributed by atoms with van der Waals surface area (Å²) < 4.78 is 0. The molecule has 0 saturated carbocycles. The van der Waals surface area contributed by atoms with E-state index in [9.17, 15) is 0 Å². The number of pyridine rings is 1. The molecule has 1 atom stereocenters. The van der Waals surface area contributed by atoms with Crippen LogP contribution in [-0.2, 0) is 6.54 Å². The van der Waals surface area contributed by atoms with Crippen molar-refractivity contribution in [3.63, 3.8) is 0 Å². The van der Waals surface area contributed by atoms with E-state index in [1.54, 1.807) is 0 Å². The molecule has 1 aromatic carbocycles. The SMILES string of the molecule is CN(Cc1cnc2ccccc2c1)C[C@@H]1CCCCN1C. The molecule has 0 amide bonds. The Morgan fingerprint density at radius 2 is 2.14 bits per heavy atom. The smallest absolute Gasteiger partial charge is 0.0702 e. The maximum atomic E-state index is 4.56. The van der Waals surface area contributed by atoms with Gasteiger partial charge in [-0.2, -0.15) is 0 Å². The van der Waals surface area contributed by atoms with Crippen LogP contribution in [-0.4, -0.2) is 48.0 Å². The maximum absolute atomic E-state index is 4.56. The first-order valence-electron chi connectivity index (χ1n) is 7.95. The molecule has 1 saturated heterocycles. The van der Waals surface area contributed by atoms with E-state index in [2.05, 4.69) is 53.1 Å². The lowest BCUT2D eigenvalue weighted by molar-refractivity contribution is 0.138. The van der Waals surface area contributed by atoms with Crippen molar-refractivity contribution in [3.05, 3.63) is 42.1 Å². The standard InChI is InChI=1S/C18H25N3/c1-20(14-17-8-5-6-10-21(17)2)13-15-11-16-7-3-4-9-18(16)19-12-15/h3-4,7,9,11-12,17H,5-6,8,10,13-14H2,1-2H3/t17-/m0/s1. The lowest BCUT2D eigenvalue weighted by Gasteiger charge is -2.35. The van der Waals surface area contributed by atoms with Crippen molar-refractivity contribution in [1.29, 1.82) is 0 Å². The second-order valence-corrected chi connectivity index (χ2v) is 6.36. The Kier molecular flexibility index (Phi) is 4.51. The van der Waals surface area contributed by atoms with Gasteiger partial charge in [0.1, 0.15) is 0 Å². The number of hydrogen-bond donors (Lipinski definition) is 0. The molecule has 0 radical (unpaired) electrons. The Bertz CT molecular complexity index is 596. The molecule has 1 fully saturated rings. The second-order valence-electron chi connectivity index (χ2n) is 6.36. The summed E-state index contributed by atoms with van der Waals surface area (Å²) >= 11 is 0. The van der Waals surface area contributed by atoms with Crippen molar-refractivity contribution in [3.8, 4) is 0 Å². The van der Waals surface area contributed by atoms with Crippen molar-refractivity contribution in [2.45, 2.75) is 31.8 Å². The predicted molar refractivity (Wildman–Crippen MR) is 88.3 cm³/mol. The number of likely N-dealkylation sites (tertiary alicyclic amines) is 1. The molecule has 0 bridgehead atoms. The van der Waals surface area contributed by atoms with Crippen LogP contribution >= 0.6 is 0 Å². The molecule has 1 aliphatic rings. The van der Waals surface area contributed by atoms with Gasteiger partial charge in [0.25, 0.3) is 0 Å². The van der Waals surface area contributed by atoms with Crippen LogP contribution in [0.25, 0.3) is 10.9 Å². The van der Waals surface area contributed by atoms with Crippen molar-refractivity contribution in [1.82, 2.24) is 14.8 Å². The van der Waals surface area contributed by atoms with Crippen LogP contribution < -0.4 is 0 Å². The van der Waals surface area contributed by atoms with Crippen LogP contribution in [0.15, 0.2) is 36.5 Å². The van der Waals surface area contributed by atoms with Crippen LogP contribution in [0.4, 0.5) is 0 Å². The molecule has 3 rings (SSSR count). The number of para-hydroxylation sites is 1. The molecule has 0 N–H and O–H groups in total. The second kappa shape index (κ2) is 6.54. The molecule has 0 aliphatic carbocycles. The Balaban J connectivity index is 1.64. The highest BCUT2D eigenvalue weighted by Crippen LogP contribution is 2.17. The average Bonchev–Trinajstić information content (AvgIpc) is 2.49. The Labute approximate surface area is 127 Å². The van der Waals surface area contributed by atoms with Gasteiger partial charge in [0.05, 0.1) is 5.52 Å². The van der Waals surface area contributed by atoms with Gasteiger partial charge in [-0.1, -0.05) is 24.6 Å². The number of benzene rings is 1. The third-order valence-electron chi connectivity index (χ3n) is 4.54. The van der Waals surface area contributed by atoms with Gasteiger partial charge < -0.3 is 9.80 Å². The predicted octanol–water partition coefficient (Wildman–Crippen LogP) is 3.15. The highest BCUT2D eigenvalue weighted by atomic mass is 15.2. The zero-order chi connectivity index (χ0) is 14.7. The normalized spacial score (nSPS) is 20.2. The Morgan fingerprint density at radius 1 is 1.29 bits per heavy atom. The van der Waals surface area contributed by atoms with Gasteiger partial charge in [0.2, 0.25) is 0 Å². The van der Waals surface area contributed by atoms with E-state index < -0.39 is 0 Å². The summed E-state index contributed by atoms with van der Waals surface area (Å²) in [5.74, 6) is 0. The summed E-state index contributed by atoms with van der Waals surface area (Å²) in [7, 11) is 4.48. The van der Waals surface area contributed by atoms with E-state index in [1.165, 1.54) is 36.8 Å². The molecule has 1 aromatic heterocycles. The van der Waals surface area contributed by atoms with Crippen molar-refractivity contribution in [2.24, 2.45) is 0 Å². The van der Waals surface area contributed by atoms with E-state index in [-0.39, 0.29) is 0 Å². The van der Waals surface area contributed by atoms with Crippen molar-refractivity contribution >= 4 is 10.9 Å². The summed E-state index contributed by atoms with van der Waals surface area (Å²) in [4.78, 5) is 9.50. The highest BCUT2D eigenvalue weighted by molar-refractivity contribution is 5.78. The molecule has 3 heteroatoms. The molecule has 2 aromatic rings. The highest BCUT2D eigenvalue weighted by Gasteiger charge is 2.20. The van der Waals surface area contributed by atoms with Gasteiger partial charge in [-0.3, -0.25) is 4.98 Å². The largest absolute Gasteiger partial charge is 0.302 e. The topological polar surface area (TPSA) is 19.4 Å². The number of aromatic nitrogens is 1. The summed E-state index contributed by atoms with van der Waals surface area (Å²) in [6.07, 6.45) is 6.08. The van der Waals surface area contributed by atoms with Gasteiger partial charge in [0, 0.05) is 30.7 Å².